The van der Waals surface area contributed by atoms with Crippen LogP contribution in [-0.4, -0.2) is 16.3 Å². The second-order valence-electron chi connectivity index (χ2n) is 4.58. The molecule has 3 heteroatoms. The van der Waals surface area contributed by atoms with Gasteiger partial charge < -0.3 is 5.32 Å². The fourth-order valence-electron chi connectivity index (χ4n) is 1.64. The summed E-state index contributed by atoms with van der Waals surface area (Å²) < 4.78 is 1.89. The van der Waals surface area contributed by atoms with Gasteiger partial charge in [0.05, 0.1) is 11.4 Å². The summed E-state index contributed by atoms with van der Waals surface area (Å²) in [6.45, 7) is 5.49. The Balaban J connectivity index is 2.05. The van der Waals surface area contributed by atoms with Crippen LogP contribution in [0.1, 0.15) is 38.3 Å². The number of aromatic nitrogens is 2. The zero-order valence-corrected chi connectivity index (χ0v) is 9.25. The lowest BCUT2D eigenvalue weighted by atomic mass is 10.1. The van der Waals surface area contributed by atoms with E-state index in [0.29, 0.717) is 5.92 Å². The van der Waals surface area contributed by atoms with Gasteiger partial charge in [-0.3, -0.25) is 4.68 Å². The van der Waals surface area contributed by atoms with Gasteiger partial charge in [0.15, 0.2) is 0 Å². The van der Waals surface area contributed by atoms with E-state index in [1.54, 1.807) is 0 Å². The Labute approximate surface area is 85.5 Å². The Hall–Kier alpha value is -0.990. The number of rotatable bonds is 4. The summed E-state index contributed by atoms with van der Waals surface area (Å²) in [4.78, 5) is 0. The molecule has 3 nitrogen and oxygen atoms in total. The second kappa shape index (κ2) is 3.64. The minimum atomic E-state index is 0.498. The average molecular weight is 193 g/mol. The van der Waals surface area contributed by atoms with Crippen LogP contribution in [0.4, 0.5) is 5.69 Å². The van der Waals surface area contributed by atoms with Gasteiger partial charge in [-0.05, 0) is 24.7 Å². The number of hydrogen-bond donors (Lipinski definition) is 1. The van der Waals surface area contributed by atoms with Crippen LogP contribution in [0.25, 0.3) is 0 Å². The molecule has 1 N–H and O–H groups in total. The predicted molar refractivity (Wildman–Crippen MR) is 58.5 cm³/mol. The van der Waals surface area contributed by atoms with E-state index in [-0.39, 0.29) is 0 Å². The van der Waals surface area contributed by atoms with Crippen LogP contribution in [0, 0.1) is 5.92 Å². The number of anilines is 1. The topological polar surface area (TPSA) is 29.9 Å². The number of nitrogens with one attached hydrogen (secondary N) is 1. The van der Waals surface area contributed by atoms with Crippen molar-refractivity contribution in [2.24, 2.45) is 13.0 Å². The van der Waals surface area contributed by atoms with Crippen LogP contribution in [0.15, 0.2) is 6.20 Å². The van der Waals surface area contributed by atoms with Gasteiger partial charge in [0, 0.05) is 19.8 Å². The van der Waals surface area contributed by atoms with Crippen LogP contribution in [-0.2, 0) is 7.05 Å². The van der Waals surface area contributed by atoms with Crippen LogP contribution in [0.3, 0.4) is 0 Å². The third kappa shape index (κ3) is 2.08. The van der Waals surface area contributed by atoms with Gasteiger partial charge in [-0.15, -0.1) is 0 Å². The monoisotopic (exact) mass is 193 g/mol. The van der Waals surface area contributed by atoms with E-state index in [9.17, 15) is 0 Å². The van der Waals surface area contributed by atoms with E-state index in [1.807, 2.05) is 11.7 Å². The minimum Gasteiger partial charge on any atom is -0.382 e. The van der Waals surface area contributed by atoms with Crippen molar-refractivity contribution in [3.63, 3.8) is 0 Å². The molecular weight excluding hydrogens is 174 g/mol. The Morgan fingerprint density at radius 2 is 2.29 bits per heavy atom. The number of nitrogens with zero attached hydrogens (tertiary/aromatic N) is 2. The Morgan fingerprint density at radius 3 is 2.86 bits per heavy atom. The molecule has 0 amide bonds. The summed E-state index contributed by atoms with van der Waals surface area (Å²) in [6.07, 6.45) is 4.87. The minimum absolute atomic E-state index is 0.498. The standard InChI is InChI=1S/C11H19N3/c1-8(2)11-10(7-14(3)13-11)12-6-9-4-5-9/h7-9,12H,4-6H2,1-3H3. The van der Waals surface area contributed by atoms with Crippen LogP contribution < -0.4 is 5.32 Å². The Bertz CT molecular complexity index is 310. The second-order valence-corrected chi connectivity index (χ2v) is 4.58. The van der Waals surface area contributed by atoms with Gasteiger partial charge in [-0.1, -0.05) is 13.8 Å². The van der Waals surface area contributed by atoms with Crippen molar-refractivity contribution >= 4 is 5.69 Å². The lowest BCUT2D eigenvalue weighted by Gasteiger charge is -2.06. The highest BCUT2D eigenvalue weighted by Gasteiger charge is 2.21. The largest absolute Gasteiger partial charge is 0.382 e. The Kier molecular flexibility index (Phi) is 2.48. The van der Waals surface area contributed by atoms with E-state index in [1.165, 1.54) is 24.2 Å². The molecule has 78 valence electrons. The molecule has 1 saturated carbocycles. The van der Waals surface area contributed by atoms with Gasteiger partial charge >= 0.3 is 0 Å². The summed E-state index contributed by atoms with van der Waals surface area (Å²) in [6, 6.07) is 0. The molecule has 1 heterocycles. The van der Waals surface area contributed by atoms with E-state index < -0.39 is 0 Å². The van der Waals surface area contributed by atoms with Crippen molar-refractivity contribution in [2.75, 3.05) is 11.9 Å². The number of aryl methyl sites for hydroxylation is 1. The molecule has 1 aromatic heterocycles. The lowest BCUT2D eigenvalue weighted by molar-refractivity contribution is 0.713. The highest BCUT2D eigenvalue weighted by molar-refractivity contribution is 5.47. The van der Waals surface area contributed by atoms with Crippen LogP contribution in [0.5, 0.6) is 0 Å². The van der Waals surface area contributed by atoms with Crippen molar-refractivity contribution in [3.8, 4) is 0 Å². The molecule has 0 aliphatic heterocycles. The number of hydrogen-bond acceptors (Lipinski definition) is 2. The molecule has 0 bridgehead atoms. The molecule has 0 saturated heterocycles. The molecule has 1 aliphatic rings. The molecule has 1 fully saturated rings. The fraction of sp³-hybridized carbons (Fsp3) is 0.727. The third-order valence-electron chi connectivity index (χ3n) is 2.68. The van der Waals surface area contributed by atoms with Gasteiger partial charge in [-0.2, -0.15) is 5.10 Å². The molecule has 0 aromatic carbocycles. The van der Waals surface area contributed by atoms with Crippen molar-refractivity contribution in [1.29, 1.82) is 0 Å². The Morgan fingerprint density at radius 1 is 1.57 bits per heavy atom. The molecule has 0 radical (unpaired) electrons. The van der Waals surface area contributed by atoms with E-state index in [2.05, 4.69) is 30.5 Å². The molecular formula is C11H19N3. The predicted octanol–water partition coefficient (Wildman–Crippen LogP) is 2.37. The van der Waals surface area contributed by atoms with E-state index in [0.717, 1.165) is 12.5 Å². The molecule has 2 rings (SSSR count). The van der Waals surface area contributed by atoms with Crippen molar-refractivity contribution in [3.05, 3.63) is 11.9 Å². The SMILES string of the molecule is CC(C)c1nn(C)cc1NCC1CC1. The lowest BCUT2D eigenvalue weighted by Crippen LogP contribution is -2.05. The van der Waals surface area contributed by atoms with Gasteiger partial charge in [0.1, 0.15) is 0 Å². The highest BCUT2D eigenvalue weighted by Crippen LogP contribution is 2.30. The fourth-order valence-corrected chi connectivity index (χ4v) is 1.64. The van der Waals surface area contributed by atoms with Crippen molar-refractivity contribution < 1.29 is 0 Å². The zero-order chi connectivity index (χ0) is 10.1. The quantitative estimate of drug-likeness (QED) is 0.795. The highest BCUT2D eigenvalue weighted by atomic mass is 15.3. The van der Waals surface area contributed by atoms with Crippen molar-refractivity contribution in [1.82, 2.24) is 9.78 Å². The summed E-state index contributed by atoms with van der Waals surface area (Å²) in [5.41, 5.74) is 2.41. The van der Waals surface area contributed by atoms with Gasteiger partial charge in [0.25, 0.3) is 0 Å². The first kappa shape index (κ1) is 9.56. The molecule has 1 aliphatic carbocycles. The maximum absolute atomic E-state index is 4.46. The van der Waals surface area contributed by atoms with Crippen LogP contribution >= 0.6 is 0 Å². The first-order valence-electron chi connectivity index (χ1n) is 5.44. The smallest absolute Gasteiger partial charge is 0.0881 e. The molecule has 0 spiro atoms. The maximum Gasteiger partial charge on any atom is 0.0881 e. The van der Waals surface area contributed by atoms with Gasteiger partial charge in [-0.25, -0.2) is 0 Å². The normalized spacial score (nSPS) is 16.3. The average Bonchev–Trinajstić information content (AvgIpc) is 2.86. The van der Waals surface area contributed by atoms with E-state index in [4.69, 9.17) is 0 Å². The molecule has 14 heavy (non-hydrogen) atoms. The molecule has 0 atom stereocenters. The summed E-state index contributed by atoms with van der Waals surface area (Å²) in [5.74, 6) is 1.41. The first-order chi connectivity index (χ1) is 6.66. The first-order valence-corrected chi connectivity index (χ1v) is 5.44. The third-order valence-corrected chi connectivity index (χ3v) is 2.68. The maximum atomic E-state index is 4.46. The zero-order valence-electron chi connectivity index (χ0n) is 9.25. The van der Waals surface area contributed by atoms with E-state index >= 15 is 0 Å². The van der Waals surface area contributed by atoms with Crippen LogP contribution in [0.2, 0.25) is 0 Å². The molecule has 0 unspecified atom stereocenters. The summed E-state index contributed by atoms with van der Waals surface area (Å²) in [5, 5.41) is 7.96. The molecule has 1 aromatic rings. The van der Waals surface area contributed by atoms with Crippen molar-refractivity contribution in [2.45, 2.75) is 32.6 Å². The van der Waals surface area contributed by atoms with Gasteiger partial charge in [0.2, 0.25) is 0 Å². The summed E-state index contributed by atoms with van der Waals surface area (Å²) in [7, 11) is 1.98. The summed E-state index contributed by atoms with van der Waals surface area (Å²) >= 11 is 0.